The molecule has 0 aliphatic carbocycles. The quantitative estimate of drug-likeness (QED) is 0.511. The molecule has 0 aliphatic heterocycles. The lowest BCUT2D eigenvalue weighted by Gasteiger charge is -2.12. The molecule has 24 heavy (non-hydrogen) atoms. The molecule has 1 aromatic heterocycles. The molecule has 2 rings (SSSR count). The Labute approximate surface area is 152 Å². The molecule has 130 valence electrons. The zero-order valence-electron chi connectivity index (χ0n) is 13.4. The Morgan fingerprint density at radius 3 is 3.04 bits per heavy atom. The van der Waals surface area contributed by atoms with E-state index in [1.807, 2.05) is 24.3 Å². The molecule has 7 nitrogen and oxygen atoms in total. The van der Waals surface area contributed by atoms with Crippen molar-refractivity contribution in [1.29, 1.82) is 0 Å². The van der Waals surface area contributed by atoms with E-state index in [1.54, 1.807) is 14.0 Å². The number of ether oxygens (including phenoxy) is 1. The Kier molecular flexibility index (Phi) is 7.07. The lowest BCUT2D eigenvalue weighted by Crippen LogP contribution is -2.24. The lowest BCUT2D eigenvalue weighted by molar-refractivity contribution is -0.115. The first-order chi connectivity index (χ1) is 11.5. The van der Waals surface area contributed by atoms with Crippen LogP contribution in [0.2, 0.25) is 0 Å². The van der Waals surface area contributed by atoms with Crippen LogP contribution >= 0.6 is 27.7 Å². The highest BCUT2D eigenvalue weighted by molar-refractivity contribution is 9.10. The summed E-state index contributed by atoms with van der Waals surface area (Å²) >= 11 is 4.60. The van der Waals surface area contributed by atoms with Crippen LogP contribution in [-0.4, -0.2) is 39.6 Å². The molecule has 0 spiro atoms. The first-order valence-corrected chi connectivity index (χ1v) is 9.05. The summed E-state index contributed by atoms with van der Waals surface area (Å²) in [4.78, 5) is 24.1. The number of thioether (sulfide) groups is 1. The topological polar surface area (TPSA) is 89.0 Å². The maximum atomic E-state index is 12.3. The number of H-pyrrole nitrogens is 1. The first kappa shape index (κ1) is 18.8. The Bertz CT molecular complexity index is 746. The molecule has 1 amide bonds. The molecular weight excluding hydrogens is 396 g/mol. The van der Waals surface area contributed by atoms with Crippen LogP contribution in [0.15, 0.2) is 38.7 Å². The van der Waals surface area contributed by atoms with E-state index in [0.717, 1.165) is 4.47 Å². The van der Waals surface area contributed by atoms with E-state index in [0.29, 0.717) is 30.4 Å². The molecule has 0 saturated heterocycles. The molecule has 2 N–H and O–H groups in total. The van der Waals surface area contributed by atoms with E-state index in [4.69, 9.17) is 4.74 Å². The van der Waals surface area contributed by atoms with Gasteiger partial charge in [-0.05, 0) is 31.5 Å². The minimum atomic E-state index is -0.402. The van der Waals surface area contributed by atoms with E-state index in [9.17, 15) is 9.59 Å². The second-order valence-corrected chi connectivity index (χ2v) is 7.29. The van der Waals surface area contributed by atoms with Gasteiger partial charge in [-0.3, -0.25) is 9.36 Å². The minimum Gasteiger partial charge on any atom is -0.385 e. The summed E-state index contributed by atoms with van der Waals surface area (Å²) in [5.74, 6) is -0.156. The van der Waals surface area contributed by atoms with Crippen molar-refractivity contribution in [1.82, 2.24) is 14.8 Å². The standard InChI is InChI=1S/C15H19BrN4O3S/c1-10(13(21)17-12-6-3-5-11(16)9-12)24-15-19-18-14(22)20(15)7-4-8-23-2/h3,5-6,9-10H,4,7-8H2,1-2H3,(H,17,21)(H,18,22)/t10-/m1/s1. The van der Waals surface area contributed by atoms with Crippen molar-refractivity contribution in [3.8, 4) is 0 Å². The van der Waals surface area contributed by atoms with Crippen LogP contribution in [-0.2, 0) is 16.1 Å². The zero-order chi connectivity index (χ0) is 17.5. The average Bonchev–Trinajstić information content (AvgIpc) is 2.88. The van der Waals surface area contributed by atoms with Crippen molar-refractivity contribution in [2.24, 2.45) is 0 Å². The summed E-state index contributed by atoms with van der Waals surface area (Å²) in [6.45, 7) is 2.82. The second kappa shape index (κ2) is 9.05. The molecule has 0 radical (unpaired) electrons. The minimum absolute atomic E-state index is 0.156. The van der Waals surface area contributed by atoms with E-state index in [-0.39, 0.29) is 11.6 Å². The van der Waals surface area contributed by atoms with E-state index < -0.39 is 5.25 Å². The SMILES string of the molecule is COCCCn1c(S[C@H](C)C(=O)Nc2cccc(Br)c2)n[nH]c1=O. The third-order valence-electron chi connectivity index (χ3n) is 3.20. The molecule has 9 heteroatoms. The van der Waals surface area contributed by atoms with Gasteiger partial charge >= 0.3 is 5.69 Å². The number of aromatic amines is 1. The molecule has 1 atom stereocenters. The molecule has 2 aromatic rings. The summed E-state index contributed by atoms with van der Waals surface area (Å²) in [5.41, 5.74) is 0.425. The van der Waals surface area contributed by atoms with Gasteiger partial charge < -0.3 is 10.1 Å². The smallest absolute Gasteiger partial charge is 0.343 e. The predicted molar refractivity (Wildman–Crippen MR) is 97.4 cm³/mol. The highest BCUT2D eigenvalue weighted by Gasteiger charge is 2.19. The third-order valence-corrected chi connectivity index (χ3v) is 4.78. The van der Waals surface area contributed by atoms with Crippen LogP contribution in [0.4, 0.5) is 5.69 Å². The number of carbonyl (C=O) groups excluding carboxylic acids is 1. The number of rotatable bonds is 8. The fourth-order valence-corrected chi connectivity index (χ4v) is 3.26. The summed E-state index contributed by atoms with van der Waals surface area (Å²) in [7, 11) is 1.61. The van der Waals surface area contributed by atoms with Crippen LogP contribution in [0.1, 0.15) is 13.3 Å². The van der Waals surface area contributed by atoms with Gasteiger partial charge in [-0.2, -0.15) is 0 Å². The van der Waals surface area contributed by atoms with Gasteiger partial charge in [0.1, 0.15) is 0 Å². The molecule has 0 aliphatic rings. The van der Waals surface area contributed by atoms with Crippen molar-refractivity contribution in [2.45, 2.75) is 30.3 Å². The molecule has 0 bridgehead atoms. The van der Waals surface area contributed by atoms with Gasteiger partial charge in [-0.15, -0.1) is 5.10 Å². The number of anilines is 1. The highest BCUT2D eigenvalue weighted by Crippen LogP contribution is 2.22. The van der Waals surface area contributed by atoms with E-state index in [2.05, 4.69) is 31.4 Å². The molecule has 1 aromatic carbocycles. The number of nitrogens with zero attached hydrogens (tertiary/aromatic N) is 2. The maximum Gasteiger partial charge on any atom is 0.343 e. The Morgan fingerprint density at radius 1 is 1.54 bits per heavy atom. The number of halogens is 1. The zero-order valence-corrected chi connectivity index (χ0v) is 15.8. The monoisotopic (exact) mass is 414 g/mol. The van der Waals surface area contributed by atoms with E-state index in [1.165, 1.54) is 16.3 Å². The second-order valence-electron chi connectivity index (χ2n) is 5.07. The molecule has 0 unspecified atom stereocenters. The van der Waals surface area contributed by atoms with Gasteiger partial charge in [0.25, 0.3) is 0 Å². The number of methoxy groups -OCH3 is 1. The maximum absolute atomic E-state index is 12.3. The number of aromatic nitrogens is 3. The van der Waals surface area contributed by atoms with Crippen molar-refractivity contribution in [3.63, 3.8) is 0 Å². The third kappa shape index (κ3) is 5.22. The largest absolute Gasteiger partial charge is 0.385 e. The Morgan fingerprint density at radius 2 is 2.33 bits per heavy atom. The van der Waals surface area contributed by atoms with Crippen molar-refractivity contribution in [3.05, 3.63) is 39.2 Å². The highest BCUT2D eigenvalue weighted by atomic mass is 79.9. The summed E-state index contributed by atoms with van der Waals surface area (Å²) < 4.78 is 7.40. The summed E-state index contributed by atoms with van der Waals surface area (Å²) in [6.07, 6.45) is 0.697. The molecule has 0 fully saturated rings. The lowest BCUT2D eigenvalue weighted by atomic mass is 10.3. The fourth-order valence-electron chi connectivity index (χ4n) is 1.98. The van der Waals surface area contributed by atoms with Gasteiger partial charge in [-0.25, -0.2) is 9.89 Å². The van der Waals surface area contributed by atoms with Crippen molar-refractivity contribution >= 4 is 39.3 Å². The van der Waals surface area contributed by atoms with Crippen LogP contribution in [0.25, 0.3) is 0 Å². The number of hydrogen-bond donors (Lipinski definition) is 2. The average molecular weight is 415 g/mol. The fraction of sp³-hybridized carbons (Fsp3) is 0.400. The Balaban J connectivity index is 2.00. The first-order valence-electron chi connectivity index (χ1n) is 7.38. The number of nitrogens with one attached hydrogen (secondary N) is 2. The van der Waals surface area contributed by atoms with Gasteiger partial charge in [0.15, 0.2) is 5.16 Å². The molecule has 0 saturated carbocycles. The van der Waals surface area contributed by atoms with Gasteiger partial charge in [0, 0.05) is 30.4 Å². The van der Waals surface area contributed by atoms with Crippen LogP contribution < -0.4 is 11.0 Å². The molecule has 1 heterocycles. The normalized spacial score (nSPS) is 12.1. The molecular formula is C15H19BrN4O3S. The van der Waals surface area contributed by atoms with Crippen molar-refractivity contribution < 1.29 is 9.53 Å². The van der Waals surface area contributed by atoms with Gasteiger partial charge in [-0.1, -0.05) is 33.8 Å². The predicted octanol–water partition coefficient (Wildman–Crippen LogP) is 2.49. The number of benzene rings is 1. The Hall–Kier alpha value is -1.58. The van der Waals surface area contributed by atoms with Gasteiger partial charge in [0.05, 0.1) is 5.25 Å². The van der Waals surface area contributed by atoms with Gasteiger partial charge in [0.2, 0.25) is 5.91 Å². The number of amides is 1. The van der Waals surface area contributed by atoms with Crippen LogP contribution in [0.3, 0.4) is 0 Å². The van der Waals surface area contributed by atoms with Crippen LogP contribution in [0, 0.1) is 0 Å². The van der Waals surface area contributed by atoms with E-state index >= 15 is 0 Å². The summed E-state index contributed by atoms with van der Waals surface area (Å²) in [5, 5.41) is 9.36. The number of carbonyl (C=O) groups is 1. The summed E-state index contributed by atoms with van der Waals surface area (Å²) in [6, 6.07) is 7.37. The van der Waals surface area contributed by atoms with Crippen molar-refractivity contribution in [2.75, 3.05) is 19.0 Å². The number of hydrogen-bond acceptors (Lipinski definition) is 5. The van der Waals surface area contributed by atoms with Crippen LogP contribution in [0.5, 0.6) is 0 Å².